The van der Waals surface area contributed by atoms with Crippen LogP contribution in [0.3, 0.4) is 0 Å². The molecule has 1 aliphatic heterocycles. The molecule has 0 bridgehead atoms. The van der Waals surface area contributed by atoms with Gasteiger partial charge in [0.2, 0.25) is 0 Å². The lowest BCUT2D eigenvalue weighted by Gasteiger charge is -2.32. The Morgan fingerprint density at radius 2 is 2.28 bits per heavy atom. The zero-order chi connectivity index (χ0) is 17.5. The molecule has 1 unspecified atom stereocenters. The van der Waals surface area contributed by atoms with Crippen LogP contribution in [-0.4, -0.2) is 48.3 Å². The highest BCUT2D eigenvalue weighted by Gasteiger charge is 2.25. The summed E-state index contributed by atoms with van der Waals surface area (Å²) in [5.41, 5.74) is 3.91. The molecule has 1 amide bonds. The van der Waals surface area contributed by atoms with Gasteiger partial charge in [0.05, 0.1) is 30.5 Å². The van der Waals surface area contributed by atoms with Gasteiger partial charge in [0.1, 0.15) is 6.61 Å². The molecule has 2 heterocycles. The summed E-state index contributed by atoms with van der Waals surface area (Å²) in [4.78, 5) is 19.4. The molecule has 1 aromatic carbocycles. The molecule has 7 heteroatoms. The van der Waals surface area contributed by atoms with Crippen LogP contribution in [-0.2, 0) is 22.6 Å². The molecule has 0 spiro atoms. The fourth-order valence-corrected chi connectivity index (χ4v) is 3.41. The molecule has 3 rings (SSSR count). The summed E-state index contributed by atoms with van der Waals surface area (Å²) >= 11 is 1.65. The van der Waals surface area contributed by atoms with E-state index in [9.17, 15) is 4.79 Å². The summed E-state index contributed by atoms with van der Waals surface area (Å²) in [6.45, 7) is 5.42. The Morgan fingerprint density at radius 1 is 1.44 bits per heavy atom. The maximum Gasteiger partial charge on any atom is 0.410 e. The minimum atomic E-state index is -0.282. The van der Waals surface area contributed by atoms with E-state index < -0.39 is 0 Å². The molecule has 1 N–H and O–H groups in total. The van der Waals surface area contributed by atoms with Gasteiger partial charge in [-0.05, 0) is 12.5 Å². The van der Waals surface area contributed by atoms with Gasteiger partial charge in [-0.25, -0.2) is 9.78 Å². The van der Waals surface area contributed by atoms with Crippen LogP contribution in [0.15, 0.2) is 35.8 Å². The van der Waals surface area contributed by atoms with Gasteiger partial charge < -0.3 is 19.7 Å². The summed E-state index contributed by atoms with van der Waals surface area (Å²) in [5, 5.41) is 3.38. The number of nitrogens with one attached hydrogen (secondary N) is 1. The molecule has 0 radical (unpaired) electrons. The average Bonchev–Trinajstić information content (AvgIpc) is 3.06. The highest BCUT2D eigenvalue weighted by Crippen LogP contribution is 2.12. The normalized spacial score (nSPS) is 17.5. The lowest BCUT2D eigenvalue weighted by atomic mass is 10.2. The molecular weight excluding hydrogens is 338 g/mol. The van der Waals surface area contributed by atoms with E-state index in [2.05, 4.69) is 10.3 Å². The first-order chi connectivity index (χ1) is 12.2. The number of hydrogen-bond acceptors (Lipinski definition) is 6. The second-order valence-electron chi connectivity index (χ2n) is 5.97. The fraction of sp³-hybridized carbons (Fsp3) is 0.444. The van der Waals surface area contributed by atoms with E-state index in [1.807, 2.05) is 42.8 Å². The predicted octanol–water partition coefficient (Wildman–Crippen LogP) is 2.58. The SMILES string of the molecule is Cc1ncsc1CNCC1CN(C(=O)OCc2ccccc2)CCO1. The Hall–Kier alpha value is -1.96. The standard InChI is InChI=1S/C18H23N3O3S/c1-14-17(25-13-20-14)10-19-9-16-11-21(7-8-23-16)18(22)24-12-15-5-3-2-4-6-15/h2-6,13,16,19H,7-12H2,1H3. The van der Waals surface area contributed by atoms with Gasteiger partial charge in [-0.1, -0.05) is 30.3 Å². The monoisotopic (exact) mass is 361 g/mol. The number of hydrogen-bond donors (Lipinski definition) is 1. The number of aryl methyl sites for hydroxylation is 1. The largest absolute Gasteiger partial charge is 0.445 e. The lowest BCUT2D eigenvalue weighted by Crippen LogP contribution is -2.49. The van der Waals surface area contributed by atoms with Gasteiger partial charge in [-0.3, -0.25) is 0 Å². The number of ether oxygens (including phenoxy) is 2. The third-order valence-electron chi connectivity index (χ3n) is 4.10. The first kappa shape index (κ1) is 17.8. The van der Waals surface area contributed by atoms with Gasteiger partial charge in [0, 0.05) is 24.5 Å². The third-order valence-corrected chi connectivity index (χ3v) is 5.04. The molecule has 1 aliphatic rings. The number of rotatable bonds is 6. The molecule has 1 saturated heterocycles. The van der Waals surface area contributed by atoms with E-state index in [1.54, 1.807) is 16.2 Å². The van der Waals surface area contributed by atoms with Crippen molar-refractivity contribution in [1.29, 1.82) is 0 Å². The summed E-state index contributed by atoms with van der Waals surface area (Å²) < 4.78 is 11.1. The van der Waals surface area contributed by atoms with Crippen LogP contribution >= 0.6 is 11.3 Å². The highest BCUT2D eigenvalue weighted by atomic mass is 32.1. The van der Waals surface area contributed by atoms with Crippen molar-refractivity contribution in [2.24, 2.45) is 0 Å². The molecule has 6 nitrogen and oxygen atoms in total. The number of thiazole rings is 1. The summed E-state index contributed by atoms with van der Waals surface area (Å²) in [6, 6.07) is 9.70. The van der Waals surface area contributed by atoms with Crippen molar-refractivity contribution in [3.05, 3.63) is 52.0 Å². The van der Waals surface area contributed by atoms with Gasteiger partial charge in [-0.2, -0.15) is 0 Å². The van der Waals surface area contributed by atoms with Crippen LogP contribution in [0.2, 0.25) is 0 Å². The van der Waals surface area contributed by atoms with Crippen LogP contribution < -0.4 is 5.32 Å². The Labute approximate surface area is 151 Å². The first-order valence-electron chi connectivity index (χ1n) is 8.39. The molecule has 134 valence electrons. The molecule has 0 saturated carbocycles. The Balaban J connectivity index is 1.41. The summed E-state index contributed by atoms with van der Waals surface area (Å²) in [6.07, 6.45) is -0.304. The van der Waals surface area contributed by atoms with Crippen molar-refractivity contribution in [2.45, 2.75) is 26.2 Å². The maximum atomic E-state index is 12.2. The van der Waals surface area contributed by atoms with E-state index in [-0.39, 0.29) is 12.2 Å². The zero-order valence-corrected chi connectivity index (χ0v) is 15.1. The van der Waals surface area contributed by atoms with Crippen LogP contribution in [0.4, 0.5) is 4.79 Å². The van der Waals surface area contributed by atoms with Crippen LogP contribution in [0.5, 0.6) is 0 Å². The second-order valence-corrected chi connectivity index (χ2v) is 6.91. The molecule has 2 aromatic rings. The smallest absolute Gasteiger partial charge is 0.410 e. The number of morpholine rings is 1. The fourth-order valence-electron chi connectivity index (χ4n) is 2.66. The Bertz CT molecular complexity index is 677. The number of carbonyl (C=O) groups excluding carboxylic acids is 1. The van der Waals surface area contributed by atoms with E-state index in [1.165, 1.54) is 4.88 Å². The van der Waals surface area contributed by atoms with Crippen molar-refractivity contribution in [1.82, 2.24) is 15.2 Å². The van der Waals surface area contributed by atoms with Gasteiger partial charge in [0.25, 0.3) is 0 Å². The Morgan fingerprint density at radius 3 is 3.04 bits per heavy atom. The Kier molecular flexibility index (Phi) is 6.38. The number of carbonyl (C=O) groups is 1. The quantitative estimate of drug-likeness (QED) is 0.857. The van der Waals surface area contributed by atoms with Crippen molar-refractivity contribution in [3.63, 3.8) is 0 Å². The van der Waals surface area contributed by atoms with E-state index >= 15 is 0 Å². The van der Waals surface area contributed by atoms with Gasteiger partial charge in [-0.15, -0.1) is 11.3 Å². The molecule has 0 aliphatic carbocycles. The predicted molar refractivity (Wildman–Crippen MR) is 96.5 cm³/mol. The third kappa shape index (κ3) is 5.26. The van der Waals surface area contributed by atoms with Crippen molar-refractivity contribution in [3.8, 4) is 0 Å². The minimum Gasteiger partial charge on any atom is -0.445 e. The molecular formula is C18H23N3O3S. The lowest BCUT2D eigenvalue weighted by molar-refractivity contribution is -0.0271. The van der Waals surface area contributed by atoms with Crippen molar-refractivity contribution < 1.29 is 14.3 Å². The molecule has 25 heavy (non-hydrogen) atoms. The average molecular weight is 361 g/mol. The van der Waals surface area contributed by atoms with E-state index in [0.29, 0.717) is 32.8 Å². The van der Waals surface area contributed by atoms with Crippen LogP contribution in [0.25, 0.3) is 0 Å². The number of nitrogens with zero attached hydrogens (tertiary/aromatic N) is 2. The minimum absolute atomic E-state index is 0.0220. The molecule has 1 fully saturated rings. The molecule has 1 aromatic heterocycles. The van der Waals surface area contributed by atoms with Gasteiger partial charge >= 0.3 is 6.09 Å². The first-order valence-corrected chi connectivity index (χ1v) is 9.27. The highest BCUT2D eigenvalue weighted by molar-refractivity contribution is 7.09. The maximum absolute atomic E-state index is 12.2. The van der Waals surface area contributed by atoms with Gasteiger partial charge in [0.15, 0.2) is 0 Å². The van der Waals surface area contributed by atoms with E-state index in [0.717, 1.165) is 17.8 Å². The topological polar surface area (TPSA) is 63.7 Å². The van der Waals surface area contributed by atoms with Crippen molar-refractivity contribution in [2.75, 3.05) is 26.2 Å². The molecule has 1 atom stereocenters. The number of amides is 1. The van der Waals surface area contributed by atoms with Crippen LogP contribution in [0.1, 0.15) is 16.1 Å². The summed E-state index contributed by atoms with van der Waals surface area (Å²) in [7, 11) is 0. The number of benzene rings is 1. The zero-order valence-electron chi connectivity index (χ0n) is 14.3. The van der Waals surface area contributed by atoms with Crippen LogP contribution in [0, 0.1) is 6.92 Å². The summed E-state index contributed by atoms with van der Waals surface area (Å²) in [5.74, 6) is 0. The van der Waals surface area contributed by atoms with Crippen molar-refractivity contribution >= 4 is 17.4 Å². The second kappa shape index (κ2) is 8.94. The number of aromatic nitrogens is 1. The van der Waals surface area contributed by atoms with E-state index in [4.69, 9.17) is 9.47 Å².